The lowest BCUT2D eigenvalue weighted by Gasteiger charge is -2.27. The highest BCUT2D eigenvalue weighted by atomic mass is 16.5. The molecule has 0 aromatic rings. The molecule has 19 nitrogen and oxygen atoms in total. The fourth-order valence-corrected chi connectivity index (χ4v) is 8.56. The van der Waals surface area contributed by atoms with Crippen molar-refractivity contribution in [2.45, 2.75) is 251 Å². The molecule has 0 bridgehead atoms. The molecule has 1 saturated heterocycles. The Kier molecular flexibility index (Phi) is 39.1. The number of hydrogen-bond acceptors (Lipinski definition) is 10. The van der Waals surface area contributed by atoms with Gasteiger partial charge >= 0.3 is 5.97 Å². The first-order valence-corrected chi connectivity index (χ1v) is 27.9. The Labute approximate surface area is 432 Å². The molecule has 0 aromatic carbocycles. The minimum absolute atomic E-state index is 0.0613. The first-order valence-electron chi connectivity index (χ1n) is 27.9. The van der Waals surface area contributed by atoms with Crippen molar-refractivity contribution in [2.24, 2.45) is 11.7 Å². The van der Waals surface area contributed by atoms with Gasteiger partial charge in [-0.2, -0.15) is 0 Å². The molecule has 72 heavy (non-hydrogen) atoms. The topological polar surface area (TPSA) is 292 Å². The largest absolute Gasteiger partial charge is 0.481 e. The van der Waals surface area contributed by atoms with Gasteiger partial charge in [-0.25, -0.2) is 0 Å². The minimum atomic E-state index is -1.62. The molecular weight excluding hydrogens is 923 g/mol. The number of hydrogen-bond donors (Lipinski definition) is 10. The second-order valence-corrected chi connectivity index (χ2v) is 19.9. The van der Waals surface area contributed by atoms with E-state index in [-0.39, 0.29) is 57.1 Å². The summed E-state index contributed by atoms with van der Waals surface area (Å²) in [5.74, 6) is -6.60. The highest BCUT2D eigenvalue weighted by molar-refractivity contribution is 5.98. The van der Waals surface area contributed by atoms with Crippen LogP contribution in [0.15, 0.2) is 0 Å². The van der Waals surface area contributed by atoms with Crippen molar-refractivity contribution in [2.75, 3.05) is 32.9 Å². The third kappa shape index (κ3) is 34.8. The fourth-order valence-electron chi connectivity index (χ4n) is 8.56. The van der Waals surface area contributed by atoms with E-state index in [0.717, 1.165) is 38.5 Å². The number of amides is 6. The number of carbonyl (C=O) groups excluding carboxylic acids is 6. The van der Waals surface area contributed by atoms with Crippen molar-refractivity contribution in [3.05, 3.63) is 0 Å². The Morgan fingerprint density at radius 1 is 0.625 bits per heavy atom. The van der Waals surface area contributed by atoms with Crippen LogP contribution in [0.1, 0.15) is 220 Å². The zero-order valence-electron chi connectivity index (χ0n) is 44.9. The van der Waals surface area contributed by atoms with Gasteiger partial charge in [-0.1, -0.05) is 169 Å². The minimum Gasteiger partial charge on any atom is -0.481 e. The lowest BCUT2D eigenvalue weighted by Crippen LogP contribution is -2.59. The standard InChI is InChI=1S/C53H99N9O10/c1-5-7-9-11-13-15-17-19-21-23-25-27-35-71-39-46(72-36-28-26-24-22-20-18-16-14-12-10-8-6-2)61-44(63)33-29-31-42-50(68)62-48(40(3)4)52(70)60-41(32-30-34-56-53(54)55)49(67)57-38-45(64)58-43(37-47(65)66)51(69)59-42/h40-43,46,48H,5-39H2,1-4H3,(H,57,67)(H,58,64)(H,59,69)(H,60,70)(H,61,63)(H,62,68)(H,65,66)(H4,54,55,56)/t41-,42-,43-,46?,48+/m0/s1. The number of carbonyl (C=O) groups is 7. The molecule has 0 radical (unpaired) electrons. The molecule has 19 heteroatoms. The molecule has 5 atom stereocenters. The van der Waals surface area contributed by atoms with Crippen LogP contribution in [0, 0.1) is 11.3 Å². The molecule has 0 spiro atoms. The Morgan fingerprint density at radius 3 is 1.61 bits per heavy atom. The van der Waals surface area contributed by atoms with Gasteiger partial charge in [0.25, 0.3) is 0 Å². The van der Waals surface area contributed by atoms with E-state index in [1.165, 1.54) is 116 Å². The van der Waals surface area contributed by atoms with Gasteiger partial charge in [0, 0.05) is 26.2 Å². The van der Waals surface area contributed by atoms with Crippen LogP contribution < -0.4 is 43.0 Å². The molecule has 0 aliphatic carbocycles. The zero-order valence-corrected chi connectivity index (χ0v) is 44.9. The highest BCUT2D eigenvalue weighted by Gasteiger charge is 2.34. The van der Waals surface area contributed by atoms with Gasteiger partial charge in [-0.3, -0.25) is 39.0 Å². The fraction of sp³-hybridized carbons (Fsp3) is 0.849. The second-order valence-electron chi connectivity index (χ2n) is 19.9. The Morgan fingerprint density at radius 2 is 1.10 bits per heavy atom. The summed E-state index contributed by atoms with van der Waals surface area (Å²) in [5.41, 5.74) is 5.37. The van der Waals surface area contributed by atoms with Gasteiger partial charge < -0.3 is 57.5 Å². The summed E-state index contributed by atoms with van der Waals surface area (Å²) < 4.78 is 12.2. The van der Waals surface area contributed by atoms with E-state index in [2.05, 4.69) is 51.1 Å². The third-order valence-corrected chi connectivity index (χ3v) is 12.9. The molecule has 0 saturated carbocycles. The molecular formula is C53H99N9O10. The quantitative estimate of drug-likeness (QED) is 0.0136. The number of carboxylic acid groups (broad SMARTS) is 1. The third-order valence-electron chi connectivity index (χ3n) is 12.9. The lowest BCUT2D eigenvalue weighted by molar-refractivity contribution is -0.141. The van der Waals surface area contributed by atoms with Gasteiger partial charge in [0.1, 0.15) is 24.2 Å². The predicted octanol–water partition coefficient (Wildman–Crippen LogP) is 6.50. The van der Waals surface area contributed by atoms with E-state index in [0.29, 0.717) is 13.2 Å². The van der Waals surface area contributed by atoms with Gasteiger partial charge in [-0.05, 0) is 44.4 Å². The number of rotatable bonds is 41. The summed E-state index contributed by atoms with van der Waals surface area (Å²) in [4.78, 5) is 92.7. The van der Waals surface area contributed by atoms with Crippen molar-refractivity contribution >= 4 is 47.4 Å². The number of unbranched alkanes of at least 4 members (excludes halogenated alkanes) is 22. The van der Waals surface area contributed by atoms with Crippen LogP contribution in [0.2, 0.25) is 0 Å². The maximum absolute atomic E-state index is 14.0. The van der Waals surface area contributed by atoms with Crippen LogP contribution in [0.5, 0.6) is 0 Å². The smallest absolute Gasteiger partial charge is 0.305 e. The molecule has 6 amide bonds. The summed E-state index contributed by atoms with van der Waals surface area (Å²) in [7, 11) is 0. The van der Waals surface area contributed by atoms with Gasteiger partial charge in [0.15, 0.2) is 12.2 Å². The van der Waals surface area contributed by atoms with Crippen LogP contribution in [-0.4, -0.2) is 116 Å². The average Bonchev–Trinajstić information content (AvgIpc) is 3.33. The first kappa shape index (κ1) is 65.5. The van der Waals surface area contributed by atoms with E-state index < -0.39 is 84.8 Å². The van der Waals surface area contributed by atoms with Crippen LogP contribution in [0.25, 0.3) is 0 Å². The highest BCUT2D eigenvalue weighted by Crippen LogP contribution is 2.15. The maximum Gasteiger partial charge on any atom is 0.305 e. The monoisotopic (exact) mass is 1020 g/mol. The van der Waals surface area contributed by atoms with Crippen molar-refractivity contribution in [1.29, 1.82) is 5.41 Å². The molecule has 1 aliphatic rings. The van der Waals surface area contributed by atoms with Crippen LogP contribution in [-0.2, 0) is 43.0 Å². The summed E-state index contributed by atoms with van der Waals surface area (Å²) in [6.45, 7) is 8.61. The molecule has 1 aliphatic heterocycles. The molecule has 0 aromatic heterocycles. The number of nitrogens with one attached hydrogen (secondary N) is 8. The number of aliphatic carboxylic acids is 1. The molecule has 1 fully saturated rings. The van der Waals surface area contributed by atoms with E-state index in [1.54, 1.807) is 13.8 Å². The van der Waals surface area contributed by atoms with Crippen molar-refractivity contribution in [3.63, 3.8) is 0 Å². The first-order chi connectivity index (χ1) is 34.7. The van der Waals surface area contributed by atoms with Crippen molar-refractivity contribution in [1.82, 2.24) is 37.2 Å². The molecule has 1 heterocycles. The molecule has 11 N–H and O–H groups in total. The van der Waals surface area contributed by atoms with Gasteiger partial charge in [0.2, 0.25) is 35.4 Å². The summed E-state index contributed by atoms with van der Waals surface area (Å²) in [6, 6.07) is -5.31. The summed E-state index contributed by atoms with van der Waals surface area (Å²) in [6.07, 6.45) is 28.2. The van der Waals surface area contributed by atoms with E-state index in [9.17, 15) is 38.7 Å². The van der Waals surface area contributed by atoms with Crippen LogP contribution >= 0.6 is 0 Å². The summed E-state index contributed by atoms with van der Waals surface area (Å²) >= 11 is 0. The van der Waals surface area contributed by atoms with Gasteiger partial charge in [-0.15, -0.1) is 0 Å². The second kappa shape index (κ2) is 42.9. The summed E-state index contributed by atoms with van der Waals surface area (Å²) in [5, 5.41) is 35.2. The van der Waals surface area contributed by atoms with E-state index >= 15 is 0 Å². The van der Waals surface area contributed by atoms with Gasteiger partial charge in [0.05, 0.1) is 19.6 Å². The zero-order chi connectivity index (χ0) is 53.2. The van der Waals surface area contributed by atoms with E-state index in [1.807, 2.05) is 0 Å². The number of guanidine groups is 1. The molecule has 416 valence electrons. The lowest BCUT2D eigenvalue weighted by atomic mass is 10.0. The normalized spacial score (nSPS) is 18.5. The predicted molar refractivity (Wildman–Crippen MR) is 282 cm³/mol. The average molecular weight is 1020 g/mol. The van der Waals surface area contributed by atoms with Crippen molar-refractivity contribution < 1.29 is 48.1 Å². The Balaban J connectivity index is 2.99. The van der Waals surface area contributed by atoms with Crippen LogP contribution in [0.4, 0.5) is 0 Å². The molecule has 1 rings (SSSR count). The van der Waals surface area contributed by atoms with Crippen LogP contribution in [0.3, 0.4) is 0 Å². The maximum atomic E-state index is 14.0. The number of ether oxygens (including phenoxy) is 2. The SMILES string of the molecule is CCCCCCCCCCCCCCOCC(NC(=O)CCC[C@@H]1NC(=O)[C@H](CC(=O)O)NC(=O)CNC(=O)[C@H](CCCNC(=N)N)NC(=O)[C@@H](C(C)C)NC1=O)OCCCCCCCCCCCCCC. The van der Waals surface area contributed by atoms with E-state index in [4.69, 9.17) is 20.6 Å². The Hall–Kier alpha value is -4.52. The van der Waals surface area contributed by atoms with Crippen molar-refractivity contribution in [3.8, 4) is 0 Å². The number of carboxylic acids is 1. The Bertz CT molecular complexity index is 1540. The molecule has 1 unspecified atom stereocenters. The number of nitrogens with two attached hydrogens (primary N) is 1.